The Kier molecular flexibility index (Phi) is 5.99. The second kappa shape index (κ2) is 9.09. The van der Waals surface area contributed by atoms with E-state index in [9.17, 15) is 20.0 Å². The zero-order chi connectivity index (χ0) is 23.8. The van der Waals surface area contributed by atoms with Gasteiger partial charge in [0.2, 0.25) is 11.8 Å². The Morgan fingerprint density at radius 2 is 2.03 bits per heavy atom. The molecule has 0 spiro atoms. The summed E-state index contributed by atoms with van der Waals surface area (Å²) in [6.07, 6.45) is 1.08. The number of carbonyl (C=O) groups is 2. The number of aromatic nitrogens is 1. The van der Waals surface area contributed by atoms with E-state index in [2.05, 4.69) is 4.98 Å². The molecule has 5 rings (SSSR count). The lowest BCUT2D eigenvalue weighted by Crippen LogP contribution is -2.63. The Bertz CT molecular complexity index is 1220. The molecule has 0 saturated carbocycles. The molecule has 9 nitrogen and oxygen atoms in total. The van der Waals surface area contributed by atoms with Crippen LogP contribution in [0.1, 0.15) is 36.2 Å². The van der Waals surface area contributed by atoms with Gasteiger partial charge in [-0.2, -0.15) is 0 Å². The molecule has 0 bridgehead atoms. The lowest BCUT2D eigenvalue weighted by Gasteiger charge is -2.47. The number of fused-ring (bicyclic) bond motifs is 4. The number of hydrogen-bond acceptors (Lipinski definition) is 6. The molecule has 1 saturated heterocycles. The van der Waals surface area contributed by atoms with E-state index in [4.69, 9.17) is 4.74 Å². The van der Waals surface area contributed by atoms with E-state index in [1.807, 2.05) is 37.3 Å². The highest BCUT2D eigenvalue weighted by Gasteiger charge is 2.48. The second-order valence-corrected chi connectivity index (χ2v) is 8.66. The van der Waals surface area contributed by atoms with Gasteiger partial charge in [-0.15, -0.1) is 0 Å². The first-order valence-electron chi connectivity index (χ1n) is 11.5. The number of aromatic amines is 1. The predicted molar refractivity (Wildman–Crippen MR) is 126 cm³/mol. The van der Waals surface area contributed by atoms with Crippen LogP contribution in [-0.4, -0.2) is 64.2 Å². The molecule has 2 unspecified atom stereocenters. The molecule has 2 atom stereocenters. The predicted octanol–water partition coefficient (Wildman–Crippen LogP) is 2.97. The zero-order valence-corrected chi connectivity index (χ0v) is 18.9. The lowest BCUT2D eigenvalue weighted by atomic mass is 9.86. The monoisotopic (exact) mass is 463 g/mol. The summed E-state index contributed by atoms with van der Waals surface area (Å²) in [4.78, 5) is 33.8. The fourth-order valence-electron chi connectivity index (χ4n) is 5.17. The third-order valence-electron chi connectivity index (χ3n) is 6.67. The van der Waals surface area contributed by atoms with Crippen molar-refractivity contribution in [3.8, 4) is 0 Å². The maximum atomic E-state index is 13.6. The van der Waals surface area contributed by atoms with Crippen LogP contribution in [0.2, 0.25) is 0 Å². The molecule has 0 aliphatic carbocycles. The van der Waals surface area contributed by atoms with Gasteiger partial charge in [-0.3, -0.25) is 14.8 Å². The van der Waals surface area contributed by atoms with Crippen LogP contribution in [0.25, 0.3) is 10.9 Å². The summed E-state index contributed by atoms with van der Waals surface area (Å²) in [6.45, 7) is 3.54. The van der Waals surface area contributed by atoms with Crippen molar-refractivity contribution in [3.63, 3.8) is 0 Å². The quantitative estimate of drug-likeness (QED) is 0.412. The van der Waals surface area contributed by atoms with E-state index >= 15 is 0 Å². The van der Waals surface area contributed by atoms with Crippen molar-refractivity contribution in [1.82, 2.24) is 14.8 Å². The molecule has 178 valence electrons. The number of hydrogen-bond donors (Lipinski definition) is 2. The summed E-state index contributed by atoms with van der Waals surface area (Å²) < 4.78 is 5.40. The molecule has 9 heteroatoms. The van der Waals surface area contributed by atoms with E-state index in [0.717, 1.165) is 22.2 Å². The van der Waals surface area contributed by atoms with Crippen LogP contribution in [0.3, 0.4) is 0 Å². The van der Waals surface area contributed by atoms with Gasteiger partial charge in [-0.1, -0.05) is 30.3 Å². The topological polar surface area (TPSA) is 112 Å². The van der Waals surface area contributed by atoms with Crippen LogP contribution >= 0.6 is 0 Å². The number of ether oxygens (including phenoxy) is 1. The fraction of sp³-hybridized carbons (Fsp3) is 0.360. The molecule has 2 aliphatic heterocycles. The highest BCUT2D eigenvalue weighted by Crippen LogP contribution is 2.43. The minimum atomic E-state index is -0.647. The van der Waals surface area contributed by atoms with E-state index in [0.29, 0.717) is 38.2 Å². The zero-order valence-electron chi connectivity index (χ0n) is 18.9. The molecular weight excluding hydrogens is 436 g/mol. The molecule has 34 heavy (non-hydrogen) atoms. The van der Waals surface area contributed by atoms with Gasteiger partial charge in [-0.05, 0) is 42.7 Å². The summed E-state index contributed by atoms with van der Waals surface area (Å²) in [5.41, 5.74) is 3.46. The van der Waals surface area contributed by atoms with Gasteiger partial charge in [0, 0.05) is 42.8 Å². The van der Waals surface area contributed by atoms with E-state index in [-0.39, 0.29) is 29.3 Å². The maximum Gasteiger partial charge on any atom is 0.246 e. The van der Waals surface area contributed by atoms with Crippen molar-refractivity contribution in [3.05, 3.63) is 70.6 Å². The van der Waals surface area contributed by atoms with Gasteiger partial charge >= 0.3 is 0 Å². The molecule has 2 amide bonds. The van der Waals surface area contributed by atoms with E-state index in [1.165, 1.54) is 6.07 Å². The van der Waals surface area contributed by atoms with Gasteiger partial charge in [0.1, 0.15) is 6.04 Å². The highest BCUT2D eigenvalue weighted by molar-refractivity contribution is 5.97. The Morgan fingerprint density at radius 3 is 2.82 bits per heavy atom. The van der Waals surface area contributed by atoms with Crippen molar-refractivity contribution >= 4 is 28.4 Å². The van der Waals surface area contributed by atoms with E-state index < -0.39 is 12.1 Å². The number of H-pyrrole nitrogens is 1. The largest absolute Gasteiger partial charge is 0.733 e. The van der Waals surface area contributed by atoms with Crippen LogP contribution in [0.5, 0.6) is 0 Å². The molecule has 2 aromatic carbocycles. The molecule has 2 N–H and O–H groups in total. The molecule has 2 aliphatic rings. The maximum absolute atomic E-state index is 13.6. The van der Waals surface area contributed by atoms with Crippen molar-refractivity contribution in [1.29, 1.82) is 0 Å². The van der Waals surface area contributed by atoms with Gasteiger partial charge in [0.05, 0.1) is 18.3 Å². The fourth-order valence-corrected chi connectivity index (χ4v) is 5.17. The highest BCUT2D eigenvalue weighted by atomic mass is 16.8. The van der Waals surface area contributed by atoms with Gasteiger partial charge in [-0.25, -0.2) is 0 Å². The molecule has 3 aromatic rings. The summed E-state index contributed by atoms with van der Waals surface area (Å²) in [5, 5.41) is 21.8. The normalized spacial score (nSPS) is 20.0. The minimum Gasteiger partial charge on any atom is -0.733 e. The number of nitrogens with one attached hydrogen (secondary N) is 1. The number of anilines is 1. The van der Waals surface area contributed by atoms with Gasteiger partial charge in [0.15, 0.2) is 0 Å². The molecule has 3 heterocycles. The summed E-state index contributed by atoms with van der Waals surface area (Å²) in [7, 11) is 0. The van der Waals surface area contributed by atoms with Crippen LogP contribution in [0, 0.1) is 5.21 Å². The van der Waals surface area contributed by atoms with Crippen molar-refractivity contribution in [2.24, 2.45) is 0 Å². The first-order chi connectivity index (χ1) is 16.5. The lowest BCUT2D eigenvalue weighted by molar-refractivity contribution is -0.158. The van der Waals surface area contributed by atoms with E-state index in [1.54, 1.807) is 21.9 Å². The van der Waals surface area contributed by atoms with Crippen LogP contribution < -0.4 is 5.23 Å². The number of benzene rings is 2. The third-order valence-corrected chi connectivity index (χ3v) is 6.67. The molecule has 1 fully saturated rings. The number of para-hydroxylation sites is 1. The molecule has 1 aromatic heterocycles. The van der Waals surface area contributed by atoms with Crippen molar-refractivity contribution < 1.29 is 19.5 Å². The first kappa shape index (κ1) is 22.4. The van der Waals surface area contributed by atoms with Gasteiger partial charge < -0.3 is 30.0 Å². The number of nitrogens with zero attached hydrogens (tertiary/aromatic N) is 3. The average Bonchev–Trinajstić information content (AvgIpc) is 3.22. The number of carbonyl (C=O) groups excluding carboxylic acids is 2. The smallest absolute Gasteiger partial charge is 0.246 e. The summed E-state index contributed by atoms with van der Waals surface area (Å²) in [5.74, 6) is -0.232. The van der Waals surface area contributed by atoms with Crippen LogP contribution in [0.4, 0.5) is 5.69 Å². The standard InChI is InChI=1S/C25H27N4O5/c1-2-34-12-6-11-27-15-22(30)28-21(25(27)31)14-19-18-9-3-4-10-20(18)26-23(19)24(28)16-7-5-8-17(13-16)29(32)33/h3-5,7-10,13,21,24,26,32H,2,6,11-12,14-15H2,1H3/q-1. The van der Waals surface area contributed by atoms with Crippen molar-refractivity contribution in [2.45, 2.75) is 31.8 Å². The Hall–Kier alpha value is -3.40. The SMILES string of the molecule is CCOCCCN1CC(=O)N2C(Cc3c([nH]c4ccccc34)C2c2cccc(N([O-])O)c2)C1=O. The van der Waals surface area contributed by atoms with Gasteiger partial charge in [0.25, 0.3) is 0 Å². The number of rotatable bonds is 7. The van der Waals surface area contributed by atoms with Crippen LogP contribution in [0.15, 0.2) is 48.5 Å². The Labute approximate surface area is 197 Å². The molecular formula is C25H27N4O5-. The first-order valence-corrected chi connectivity index (χ1v) is 11.5. The Balaban J connectivity index is 1.58. The van der Waals surface area contributed by atoms with Crippen molar-refractivity contribution in [2.75, 3.05) is 31.5 Å². The summed E-state index contributed by atoms with van der Waals surface area (Å²) in [6, 6.07) is 13.2. The summed E-state index contributed by atoms with van der Waals surface area (Å²) >= 11 is 0. The molecule has 0 radical (unpaired) electrons. The Morgan fingerprint density at radius 1 is 1.21 bits per heavy atom. The number of amides is 2. The minimum absolute atomic E-state index is 0.000884. The van der Waals surface area contributed by atoms with Crippen LogP contribution in [-0.2, 0) is 20.7 Å². The average molecular weight is 464 g/mol. The third kappa shape index (κ3) is 3.81. The second-order valence-electron chi connectivity index (χ2n) is 8.66. The number of piperazine rings is 1.